The molecule has 0 aliphatic heterocycles. The van der Waals surface area contributed by atoms with Crippen LogP contribution in [-0.4, -0.2) is 4.92 Å². The lowest BCUT2D eigenvalue weighted by atomic mass is 10.2. The van der Waals surface area contributed by atoms with E-state index in [-0.39, 0.29) is 11.4 Å². The molecular formula is C13H9BrClFN2O2. The lowest BCUT2D eigenvalue weighted by molar-refractivity contribution is -0.384. The van der Waals surface area contributed by atoms with Gasteiger partial charge in [0, 0.05) is 28.2 Å². The molecule has 2 aromatic rings. The van der Waals surface area contributed by atoms with E-state index in [4.69, 9.17) is 11.6 Å². The number of non-ortho nitro benzene ring substituents is 1. The molecule has 0 bridgehead atoms. The Hall–Kier alpha value is -1.66. The zero-order valence-electron chi connectivity index (χ0n) is 10.1. The molecule has 0 spiro atoms. The SMILES string of the molecule is O=[N+]([O-])c1ccc(F)c(NCc2cc(Cl)ccc2Br)c1. The topological polar surface area (TPSA) is 55.2 Å². The Morgan fingerprint density at radius 3 is 2.75 bits per heavy atom. The molecule has 0 atom stereocenters. The molecule has 0 aliphatic rings. The molecule has 20 heavy (non-hydrogen) atoms. The normalized spacial score (nSPS) is 10.3. The highest BCUT2D eigenvalue weighted by Gasteiger charge is 2.11. The monoisotopic (exact) mass is 358 g/mol. The first-order chi connectivity index (χ1) is 9.47. The lowest BCUT2D eigenvalue weighted by Crippen LogP contribution is -2.03. The average Bonchev–Trinajstić information content (AvgIpc) is 2.41. The Balaban J connectivity index is 2.20. The van der Waals surface area contributed by atoms with Crippen LogP contribution in [0.3, 0.4) is 0 Å². The molecule has 0 heterocycles. The number of nitrogens with one attached hydrogen (secondary N) is 1. The zero-order chi connectivity index (χ0) is 14.7. The van der Waals surface area contributed by atoms with Gasteiger partial charge < -0.3 is 5.32 Å². The van der Waals surface area contributed by atoms with Crippen molar-refractivity contribution in [2.75, 3.05) is 5.32 Å². The number of hydrogen-bond donors (Lipinski definition) is 1. The summed E-state index contributed by atoms with van der Waals surface area (Å²) < 4.78 is 14.4. The quantitative estimate of drug-likeness (QED) is 0.632. The van der Waals surface area contributed by atoms with Crippen molar-refractivity contribution in [2.24, 2.45) is 0 Å². The molecule has 2 rings (SSSR count). The number of hydrogen-bond acceptors (Lipinski definition) is 3. The highest BCUT2D eigenvalue weighted by atomic mass is 79.9. The molecule has 104 valence electrons. The summed E-state index contributed by atoms with van der Waals surface area (Å²) in [4.78, 5) is 10.1. The van der Waals surface area contributed by atoms with Gasteiger partial charge in [0.2, 0.25) is 0 Å². The van der Waals surface area contributed by atoms with Crippen LogP contribution in [-0.2, 0) is 6.54 Å². The van der Waals surface area contributed by atoms with Gasteiger partial charge in [-0.2, -0.15) is 0 Å². The predicted molar refractivity (Wildman–Crippen MR) is 79.5 cm³/mol. The molecule has 0 amide bonds. The summed E-state index contributed by atoms with van der Waals surface area (Å²) in [6.07, 6.45) is 0. The summed E-state index contributed by atoms with van der Waals surface area (Å²) in [5, 5.41) is 14.1. The van der Waals surface area contributed by atoms with Crippen LogP contribution in [0.2, 0.25) is 5.02 Å². The highest BCUT2D eigenvalue weighted by Crippen LogP contribution is 2.25. The van der Waals surface area contributed by atoms with Crippen molar-refractivity contribution >= 4 is 38.9 Å². The fourth-order valence-electron chi connectivity index (χ4n) is 1.63. The molecule has 1 N–H and O–H groups in total. The Labute approximate surface area is 127 Å². The third-order valence-corrected chi connectivity index (χ3v) is 3.65. The van der Waals surface area contributed by atoms with E-state index >= 15 is 0 Å². The van der Waals surface area contributed by atoms with Gasteiger partial charge in [-0.3, -0.25) is 10.1 Å². The lowest BCUT2D eigenvalue weighted by Gasteiger charge is -2.09. The van der Waals surface area contributed by atoms with Crippen LogP contribution in [0.1, 0.15) is 5.56 Å². The minimum absolute atomic E-state index is 0.0751. The van der Waals surface area contributed by atoms with E-state index in [1.54, 1.807) is 18.2 Å². The molecule has 4 nitrogen and oxygen atoms in total. The van der Waals surface area contributed by atoms with Gasteiger partial charge in [-0.15, -0.1) is 0 Å². The Morgan fingerprint density at radius 1 is 1.30 bits per heavy atom. The van der Waals surface area contributed by atoms with E-state index in [0.29, 0.717) is 11.6 Å². The van der Waals surface area contributed by atoms with Gasteiger partial charge in [-0.05, 0) is 29.8 Å². The van der Waals surface area contributed by atoms with Crippen LogP contribution in [0.5, 0.6) is 0 Å². The van der Waals surface area contributed by atoms with E-state index in [9.17, 15) is 14.5 Å². The number of benzene rings is 2. The zero-order valence-corrected chi connectivity index (χ0v) is 12.4. The maximum Gasteiger partial charge on any atom is 0.271 e. The maximum atomic E-state index is 13.6. The van der Waals surface area contributed by atoms with Gasteiger partial charge in [0.25, 0.3) is 5.69 Å². The number of anilines is 1. The summed E-state index contributed by atoms with van der Waals surface area (Å²) in [6, 6.07) is 8.58. The van der Waals surface area contributed by atoms with Gasteiger partial charge in [-0.1, -0.05) is 27.5 Å². The number of nitro benzene ring substituents is 1. The summed E-state index contributed by atoms with van der Waals surface area (Å²) in [7, 11) is 0. The van der Waals surface area contributed by atoms with Crippen molar-refractivity contribution in [3.05, 3.63) is 67.4 Å². The van der Waals surface area contributed by atoms with E-state index in [0.717, 1.165) is 28.2 Å². The number of nitrogens with zero attached hydrogens (tertiary/aromatic N) is 1. The molecular weight excluding hydrogens is 351 g/mol. The minimum Gasteiger partial charge on any atom is -0.378 e. The summed E-state index contributed by atoms with van der Waals surface area (Å²) in [5.41, 5.74) is 0.730. The van der Waals surface area contributed by atoms with Crippen LogP contribution in [0, 0.1) is 15.9 Å². The minimum atomic E-state index is -0.570. The van der Waals surface area contributed by atoms with Crippen molar-refractivity contribution in [3.8, 4) is 0 Å². The van der Waals surface area contributed by atoms with Gasteiger partial charge in [-0.25, -0.2) is 4.39 Å². The largest absolute Gasteiger partial charge is 0.378 e. The molecule has 0 unspecified atom stereocenters. The summed E-state index contributed by atoms with van der Waals surface area (Å²) in [6.45, 7) is 0.291. The third kappa shape index (κ3) is 3.46. The average molecular weight is 360 g/mol. The van der Waals surface area contributed by atoms with Crippen LogP contribution in [0.15, 0.2) is 40.9 Å². The van der Waals surface area contributed by atoms with E-state index in [2.05, 4.69) is 21.2 Å². The fourth-order valence-corrected chi connectivity index (χ4v) is 2.21. The van der Waals surface area contributed by atoms with Gasteiger partial charge >= 0.3 is 0 Å². The highest BCUT2D eigenvalue weighted by molar-refractivity contribution is 9.10. The first kappa shape index (κ1) is 14.7. The number of rotatable bonds is 4. The smallest absolute Gasteiger partial charge is 0.271 e. The molecule has 0 fully saturated rings. The standard InChI is InChI=1S/C13H9BrClFN2O2/c14-11-3-1-9(15)5-8(11)7-17-13-6-10(18(19)20)2-4-12(13)16/h1-6,17H,7H2. The van der Waals surface area contributed by atoms with Crippen LogP contribution in [0.25, 0.3) is 0 Å². The molecule has 7 heteroatoms. The number of halogens is 3. The van der Waals surface area contributed by atoms with Crippen molar-refractivity contribution in [1.82, 2.24) is 0 Å². The first-order valence-corrected chi connectivity index (χ1v) is 6.76. The molecule has 0 radical (unpaired) electrons. The van der Waals surface area contributed by atoms with Crippen LogP contribution < -0.4 is 5.32 Å². The summed E-state index contributed by atoms with van der Waals surface area (Å²) >= 11 is 9.24. The second-order valence-corrected chi connectivity index (χ2v) is 5.30. The van der Waals surface area contributed by atoms with Crippen molar-refractivity contribution in [2.45, 2.75) is 6.54 Å². The van der Waals surface area contributed by atoms with Crippen molar-refractivity contribution in [3.63, 3.8) is 0 Å². The van der Waals surface area contributed by atoms with E-state index < -0.39 is 10.7 Å². The summed E-state index contributed by atoms with van der Waals surface area (Å²) in [5.74, 6) is -0.547. The molecule has 0 aromatic heterocycles. The van der Waals surface area contributed by atoms with Crippen molar-refractivity contribution in [1.29, 1.82) is 0 Å². The van der Waals surface area contributed by atoms with E-state index in [1.807, 2.05) is 0 Å². The molecule has 0 saturated heterocycles. The Kier molecular flexibility index (Phi) is 4.57. The van der Waals surface area contributed by atoms with Crippen LogP contribution in [0.4, 0.5) is 15.8 Å². The third-order valence-electron chi connectivity index (χ3n) is 2.64. The number of nitro groups is 1. The molecule has 0 saturated carbocycles. The van der Waals surface area contributed by atoms with Gasteiger partial charge in [0.05, 0.1) is 10.6 Å². The van der Waals surface area contributed by atoms with Gasteiger partial charge in [0.15, 0.2) is 0 Å². The van der Waals surface area contributed by atoms with Crippen LogP contribution >= 0.6 is 27.5 Å². The van der Waals surface area contributed by atoms with Gasteiger partial charge in [0.1, 0.15) is 5.82 Å². The Bertz CT molecular complexity index is 667. The Morgan fingerprint density at radius 2 is 2.05 bits per heavy atom. The molecule has 2 aromatic carbocycles. The fraction of sp³-hybridized carbons (Fsp3) is 0.0769. The second kappa shape index (κ2) is 6.19. The van der Waals surface area contributed by atoms with Crippen molar-refractivity contribution < 1.29 is 9.31 Å². The van der Waals surface area contributed by atoms with E-state index in [1.165, 1.54) is 0 Å². The predicted octanol–water partition coefficient (Wildman–Crippen LogP) is 4.76. The second-order valence-electron chi connectivity index (χ2n) is 4.01. The first-order valence-electron chi connectivity index (χ1n) is 5.59. The molecule has 0 aliphatic carbocycles. The maximum absolute atomic E-state index is 13.6.